The van der Waals surface area contributed by atoms with Gasteiger partial charge in [0.15, 0.2) is 0 Å². The Morgan fingerprint density at radius 1 is 1.57 bits per heavy atom. The third-order valence-electron chi connectivity index (χ3n) is 1.79. The Morgan fingerprint density at radius 2 is 2.21 bits per heavy atom. The van der Waals surface area contributed by atoms with Gasteiger partial charge >= 0.3 is 0 Å². The summed E-state index contributed by atoms with van der Waals surface area (Å²) in [6, 6.07) is 1.85. The number of hydrogen-bond donors (Lipinski definition) is 3. The van der Waals surface area contributed by atoms with Crippen LogP contribution in [0.4, 0.5) is 11.5 Å². The SMILES string of the molecule is Cc1cc(N)cnc1NCC(C)(C)O. The number of pyridine rings is 1. The number of nitrogen functional groups attached to an aromatic ring is 1. The number of nitrogens with one attached hydrogen (secondary N) is 1. The monoisotopic (exact) mass is 195 g/mol. The molecule has 1 aromatic heterocycles. The molecule has 0 saturated heterocycles. The van der Waals surface area contributed by atoms with Gasteiger partial charge in [-0.3, -0.25) is 0 Å². The second-order valence-electron chi connectivity index (χ2n) is 4.10. The van der Waals surface area contributed by atoms with Crippen LogP contribution >= 0.6 is 0 Å². The molecule has 0 radical (unpaired) electrons. The number of rotatable bonds is 3. The second kappa shape index (κ2) is 3.84. The maximum absolute atomic E-state index is 9.51. The van der Waals surface area contributed by atoms with Crippen molar-refractivity contribution in [3.8, 4) is 0 Å². The summed E-state index contributed by atoms with van der Waals surface area (Å²) in [4.78, 5) is 4.13. The van der Waals surface area contributed by atoms with Crippen molar-refractivity contribution in [2.24, 2.45) is 0 Å². The number of aryl methyl sites for hydroxylation is 1. The average Bonchev–Trinajstić information content (AvgIpc) is 2.00. The van der Waals surface area contributed by atoms with E-state index in [1.165, 1.54) is 0 Å². The first kappa shape index (κ1) is 10.8. The van der Waals surface area contributed by atoms with Crippen molar-refractivity contribution in [3.63, 3.8) is 0 Å². The highest BCUT2D eigenvalue weighted by Crippen LogP contribution is 2.14. The first-order valence-electron chi connectivity index (χ1n) is 4.57. The lowest BCUT2D eigenvalue weighted by molar-refractivity contribution is 0.0944. The minimum atomic E-state index is -0.741. The third-order valence-corrected chi connectivity index (χ3v) is 1.79. The van der Waals surface area contributed by atoms with E-state index in [-0.39, 0.29) is 0 Å². The van der Waals surface area contributed by atoms with Gasteiger partial charge in [0.2, 0.25) is 0 Å². The normalized spacial score (nSPS) is 11.4. The van der Waals surface area contributed by atoms with Gasteiger partial charge in [0, 0.05) is 6.54 Å². The summed E-state index contributed by atoms with van der Waals surface area (Å²) < 4.78 is 0. The largest absolute Gasteiger partial charge is 0.397 e. The van der Waals surface area contributed by atoms with E-state index in [4.69, 9.17) is 5.73 Å². The molecule has 4 heteroatoms. The Morgan fingerprint density at radius 3 is 2.71 bits per heavy atom. The van der Waals surface area contributed by atoms with E-state index in [2.05, 4.69) is 10.3 Å². The molecule has 78 valence electrons. The molecule has 0 fully saturated rings. The molecule has 0 aliphatic rings. The molecule has 0 saturated carbocycles. The Labute approximate surface area is 84.2 Å². The summed E-state index contributed by atoms with van der Waals surface area (Å²) in [5, 5.41) is 12.6. The fourth-order valence-electron chi connectivity index (χ4n) is 1.08. The molecule has 0 aliphatic carbocycles. The van der Waals surface area contributed by atoms with Crippen molar-refractivity contribution in [3.05, 3.63) is 17.8 Å². The maximum atomic E-state index is 9.51. The summed E-state index contributed by atoms with van der Waals surface area (Å²) in [6.45, 7) is 5.88. The number of nitrogens with two attached hydrogens (primary N) is 1. The predicted octanol–water partition coefficient (Wildman–Crippen LogP) is 1.16. The Balaban J connectivity index is 2.68. The van der Waals surface area contributed by atoms with Crippen molar-refractivity contribution in [2.45, 2.75) is 26.4 Å². The molecule has 4 nitrogen and oxygen atoms in total. The van der Waals surface area contributed by atoms with E-state index in [0.717, 1.165) is 11.4 Å². The van der Waals surface area contributed by atoms with Crippen molar-refractivity contribution in [1.82, 2.24) is 4.98 Å². The summed E-state index contributed by atoms with van der Waals surface area (Å²) in [7, 11) is 0. The molecule has 1 heterocycles. The van der Waals surface area contributed by atoms with Gasteiger partial charge in [-0.15, -0.1) is 0 Å². The zero-order valence-electron chi connectivity index (χ0n) is 8.83. The quantitative estimate of drug-likeness (QED) is 0.676. The smallest absolute Gasteiger partial charge is 0.129 e. The lowest BCUT2D eigenvalue weighted by atomic mass is 10.1. The van der Waals surface area contributed by atoms with E-state index in [9.17, 15) is 5.11 Å². The minimum absolute atomic E-state index is 0.463. The summed E-state index contributed by atoms with van der Waals surface area (Å²) in [6.07, 6.45) is 1.60. The Kier molecular flexibility index (Phi) is 2.96. The summed E-state index contributed by atoms with van der Waals surface area (Å²) in [5.74, 6) is 0.765. The van der Waals surface area contributed by atoms with E-state index >= 15 is 0 Å². The molecule has 0 aliphatic heterocycles. The van der Waals surface area contributed by atoms with Gasteiger partial charge in [0.05, 0.1) is 17.5 Å². The van der Waals surface area contributed by atoms with Crippen LogP contribution in [0.15, 0.2) is 12.3 Å². The van der Waals surface area contributed by atoms with Gasteiger partial charge in [-0.2, -0.15) is 0 Å². The number of anilines is 2. The van der Waals surface area contributed by atoms with Crippen LogP contribution in [0.1, 0.15) is 19.4 Å². The van der Waals surface area contributed by atoms with Gasteiger partial charge in [0.25, 0.3) is 0 Å². The van der Waals surface area contributed by atoms with Crippen molar-refractivity contribution in [1.29, 1.82) is 0 Å². The Bertz CT molecular complexity index is 318. The van der Waals surface area contributed by atoms with Crippen molar-refractivity contribution in [2.75, 3.05) is 17.6 Å². The number of nitrogens with zero attached hydrogens (tertiary/aromatic N) is 1. The van der Waals surface area contributed by atoms with Crippen molar-refractivity contribution < 1.29 is 5.11 Å². The number of hydrogen-bond acceptors (Lipinski definition) is 4. The number of aromatic nitrogens is 1. The van der Waals surface area contributed by atoms with Crippen LogP contribution in [0.5, 0.6) is 0 Å². The van der Waals surface area contributed by atoms with Crippen LogP contribution in [0.25, 0.3) is 0 Å². The van der Waals surface area contributed by atoms with E-state index < -0.39 is 5.60 Å². The topological polar surface area (TPSA) is 71.2 Å². The molecule has 0 amide bonds. The molecule has 0 atom stereocenters. The first-order chi connectivity index (χ1) is 6.38. The maximum Gasteiger partial charge on any atom is 0.129 e. The fraction of sp³-hybridized carbons (Fsp3) is 0.500. The van der Waals surface area contributed by atoms with Gasteiger partial charge in [-0.25, -0.2) is 4.98 Å². The van der Waals surface area contributed by atoms with Crippen LogP contribution in [0, 0.1) is 6.92 Å². The minimum Gasteiger partial charge on any atom is -0.397 e. The molecule has 0 aromatic carbocycles. The highest BCUT2D eigenvalue weighted by molar-refractivity contribution is 5.50. The van der Waals surface area contributed by atoms with Crippen molar-refractivity contribution >= 4 is 11.5 Å². The lowest BCUT2D eigenvalue weighted by Gasteiger charge is -2.18. The molecule has 1 aromatic rings. The van der Waals surface area contributed by atoms with Gasteiger partial charge < -0.3 is 16.2 Å². The summed E-state index contributed by atoms with van der Waals surface area (Å²) in [5.41, 5.74) is 6.46. The highest BCUT2D eigenvalue weighted by Gasteiger charge is 2.12. The van der Waals surface area contributed by atoms with Crippen LogP contribution in [0.3, 0.4) is 0 Å². The standard InChI is InChI=1S/C10H17N3O/c1-7-4-8(11)5-12-9(7)13-6-10(2,3)14/h4-5,14H,6,11H2,1-3H3,(H,12,13). The van der Waals surface area contributed by atoms with E-state index in [1.807, 2.05) is 13.0 Å². The highest BCUT2D eigenvalue weighted by atomic mass is 16.3. The Hall–Kier alpha value is -1.29. The van der Waals surface area contributed by atoms with Crippen LogP contribution in [0.2, 0.25) is 0 Å². The fourth-order valence-corrected chi connectivity index (χ4v) is 1.08. The van der Waals surface area contributed by atoms with Gasteiger partial charge in [-0.05, 0) is 32.4 Å². The average molecular weight is 195 g/mol. The van der Waals surface area contributed by atoms with Crippen LogP contribution in [-0.4, -0.2) is 22.2 Å². The molecule has 14 heavy (non-hydrogen) atoms. The zero-order chi connectivity index (χ0) is 10.8. The first-order valence-corrected chi connectivity index (χ1v) is 4.57. The molecule has 4 N–H and O–H groups in total. The third kappa shape index (κ3) is 3.22. The second-order valence-corrected chi connectivity index (χ2v) is 4.10. The number of aliphatic hydroxyl groups is 1. The molecular weight excluding hydrogens is 178 g/mol. The van der Waals surface area contributed by atoms with Gasteiger partial charge in [-0.1, -0.05) is 0 Å². The molecule has 0 spiro atoms. The predicted molar refractivity (Wildman–Crippen MR) is 58.2 cm³/mol. The van der Waals surface area contributed by atoms with Crippen LogP contribution in [-0.2, 0) is 0 Å². The molecular formula is C10H17N3O. The zero-order valence-corrected chi connectivity index (χ0v) is 8.83. The molecule has 0 unspecified atom stereocenters. The molecule has 0 bridgehead atoms. The van der Waals surface area contributed by atoms with Gasteiger partial charge in [0.1, 0.15) is 5.82 Å². The molecule has 1 rings (SSSR count). The van der Waals surface area contributed by atoms with E-state index in [1.54, 1.807) is 20.0 Å². The summed E-state index contributed by atoms with van der Waals surface area (Å²) >= 11 is 0. The van der Waals surface area contributed by atoms with E-state index in [0.29, 0.717) is 12.2 Å². The van der Waals surface area contributed by atoms with Crippen LogP contribution < -0.4 is 11.1 Å². The lowest BCUT2D eigenvalue weighted by Crippen LogP contribution is -2.29.